The van der Waals surface area contributed by atoms with Gasteiger partial charge in [-0.3, -0.25) is 24.1 Å². The zero-order valence-electron chi connectivity index (χ0n) is 19.1. The van der Waals surface area contributed by atoms with E-state index in [4.69, 9.17) is 0 Å². The van der Waals surface area contributed by atoms with Gasteiger partial charge >= 0.3 is 0 Å². The Hall–Kier alpha value is -3.92. The Morgan fingerprint density at radius 3 is 2.40 bits per heavy atom. The number of nitrogens with one attached hydrogen (secondary N) is 1. The molecule has 178 valence electrons. The number of aryl methyl sites for hydroxylation is 1. The zero-order chi connectivity index (χ0) is 24.5. The van der Waals surface area contributed by atoms with Crippen molar-refractivity contribution in [3.8, 4) is 0 Å². The molecule has 0 radical (unpaired) electrons. The minimum absolute atomic E-state index is 0.0350. The van der Waals surface area contributed by atoms with Gasteiger partial charge in [0.25, 0.3) is 11.8 Å². The Kier molecular flexibility index (Phi) is 6.12. The Bertz CT molecular complexity index is 1280. The molecule has 2 aromatic carbocycles. The average molecular weight is 490 g/mol. The lowest BCUT2D eigenvalue weighted by atomic mass is 10.1. The van der Waals surface area contributed by atoms with Gasteiger partial charge in [-0.15, -0.1) is 10.2 Å². The monoisotopic (exact) mass is 489 g/mol. The zero-order valence-corrected chi connectivity index (χ0v) is 19.9. The van der Waals surface area contributed by atoms with Gasteiger partial charge < -0.3 is 10.2 Å². The number of rotatable bonds is 7. The molecule has 9 nitrogen and oxygen atoms in total. The van der Waals surface area contributed by atoms with E-state index in [9.17, 15) is 19.2 Å². The van der Waals surface area contributed by atoms with E-state index in [2.05, 4.69) is 15.5 Å². The number of hydrogen-bond donors (Lipinski definition) is 1. The van der Waals surface area contributed by atoms with Crippen LogP contribution in [0.2, 0.25) is 0 Å². The summed E-state index contributed by atoms with van der Waals surface area (Å²) in [6.07, 6.45) is 0.813. The van der Waals surface area contributed by atoms with E-state index in [1.165, 1.54) is 16.2 Å². The molecule has 0 aliphatic carbocycles. The molecule has 3 heterocycles. The number of carbonyl (C=O) groups is 4. The molecular formula is C25H23N5O4S. The van der Waals surface area contributed by atoms with E-state index < -0.39 is 0 Å². The molecule has 0 bridgehead atoms. The molecule has 35 heavy (non-hydrogen) atoms. The topological polar surface area (TPSA) is 113 Å². The van der Waals surface area contributed by atoms with Crippen molar-refractivity contribution in [1.29, 1.82) is 0 Å². The van der Waals surface area contributed by atoms with Gasteiger partial charge in [0.15, 0.2) is 0 Å². The van der Waals surface area contributed by atoms with Crippen molar-refractivity contribution >= 4 is 45.8 Å². The van der Waals surface area contributed by atoms with Gasteiger partial charge in [0, 0.05) is 37.5 Å². The minimum atomic E-state index is -0.328. The van der Waals surface area contributed by atoms with Gasteiger partial charge in [0.05, 0.1) is 11.1 Å². The highest BCUT2D eigenvalue weighted by molar-refractivity contribution is 7.15. The third kappa shape index (κ3) is 4.57. The number of fused-ring (bicyclic) bond motifs is 1. The van der Waals surface area contributed by atoms with E-state index in [-0.39, 0.29) is 42.5 Å². The Morgan fingerprint density at radius 1 is 1.03 bits per heavy atom. The van der Waals surface area contributed by atoms with Crippen LogP contribution in [-0.2, 0) is 9.59 Å². The lowest BCUT2D eigenvalue weighted by molar-refractivity contribution is -0.117. The van der Waals surface area contributed by atoms with Crippen molar-refractivity contribution in [2.24, 2.45) is 0 Å². The summed E-state index contributed by atoms with van der Waals surface area (Å²) in [6, 6.07) is 14.5. The van der Waals surface area contributed by atoms with Crippen molar-refractivity contribution in [1.82, 2.24) is 15.1 Å². The summed E-state index contributed by atoms with van der Waals surface area (Å²) in [5, 5.41) is 12.1. The number of amides is 4. The summed E-state index contributed by atoms with van der Waals surface area (Å²) in [4.78, 5) is 52.7. The average Bonchev–Trinajstić information content (AvgIpc) is 3.53. The second kappa shape index (κ2) is 9.38. The fraction of sp³-hybridized carbons (Fsp3) is 0.280. The fourth-order valence-electron chi connectivity index (χ4n) is 4.32. The van der Waals surface area contributed by atoms with Crippen LogP contribution in [0.25, 0.3) is 0 Å². The number of imide groups is 1. The maximum Gasteiger partial charge on any atom is 0.261 e. The molecule has 0 spiro atoms. The SMILES string of the molecule is Cc1ccc(N2CC(c3nnc(NC(=O)CCCN4C(=O)c5ccccc5C4=O)s3)CC2=O)cc1. The van der Waals surface area contributed by atoms with Crippen LogP contribution in [0.3, 0.4) is 0 Å². The maximum absolute atomic E-state index is 12.5. The first-order valence-corrected chi connectivity index (χ1v) is 12.2. The first-order valence-electron chi connectivity index (χ1n) is 11.4. The third-order valence-corrected chi connectivity index (χ3v) is 7.17. The predicted molar refractivity (Wildman–Crippen MR) is 130 cm³/mol. The number of nitrogens with zero attached hydrogens (tertiary/aromatic N) is 4. The molecule has 1 fully saturated rings. The van der Waals surface area contributed by atoms with Gasteiger partial charge in [-0.1, -0.05) is 41.2 Å². The lowest BCUT2D eigenvalue weighted by Gasteiger charge is -2.16. The van der Waals surface area contributed by atoms with Crippen LogP contribution >= 0.6 is 11.3 Å². The summed E-state index contributed by atoms with van der Waals surface area (Å²) in [5.41, 5.74) is 2.79. The fourth-order valence-corrected chi connectivity index (χ4v) is 5.17. The summed E-state index contributed by atoms with van der Waals surface area (Å²) in [6.45, 7) is 2.69. The molecular weight excluding hydrogens is 466 g/mol. The highest BCUT2D eigenvalue weighted by atomic mass is 32.1. The van der Waals surface area contributed by atoms with E-state index in [0.29, 0.717) is 40.7 Å². The Labute approximate surface area is 205 Å². The van der Waals surface area contributed by atoms with Gasteiger partial charge in [0.1, 0.15) is 5.01 Å². The normalized spacial score (nSPS) is 17.3. The highest BCUT2D eigenvalue weighted by Gasteiger charge is 2.35. The second-order valence-corrected chi connectivity index (χ2v) is 9.65. The first kappa shape index (κ1) is 22.9. The van der Waals surface area contributed by atoms with E-state index in [0.717, 1.165) is 11.3 Å². The number of benzene rings is 2. The number of anilines is 2. The van der Waals surface area contributed by atoms with Crippen molar-refractivity contribution < 1.29 is 19.2 Å². The number of hydrogen-bond acceptors (Lipinski definition) is 7. The Morgan fingerprint density at radius 2 is 1.71 bits per heavy atom. The van der Waals surface area contributed by atoms with Crippen LogP contribution in [-0.4, -0.2) is 51.8 Å². The molecule has 10 heteroatoms. The van der Waals surface area contributed by atoms with Crippen molar-refractivity contribution in [2.45, 2.75) is 32.1 Å². The van der Waals surface area contributed by atoms with E-state index in [1.54, 1.807) is 29.2 Å². The first-order chi connectivity index (χ1) is 16.9. The van der Waals surface area contributed by atoms with Crippen LogP contribution in [0.1, 0.15) is 56.5 Å². The summed E-state index contributed by atoms with van der Waals surface area (Å²) in [5.74, 6) is -0.974. The molecule has 1 unspecified atom stereocenters. The smallest absolute Gasteiger partial charge is 0.261 e. The van der Waals surface area contributed by atoms with Crippen LogP contribution in [0, 0.1) is 6.92 Å². The molecule has 2 aliphatic rings. The van der Waals surface area contributed by atoms with Crippen LogP contribution in [0.4, 0.5) is 10.8 Å². The maximum atomic E-state index is 12.5. The van der Waals surface area contributed by atoms with Gasteiger partial charge in [0.2, 0.25) is 16.9 Å². The summed E-state index contributed by atoms with van der Waals surface area (Å²) in [7, 11) is 0. The van der Waals surface area contributed by atoms with Gasteiger partial charge in [-0.25, -0.2) is 0 Å². The molecule has 0 saturated carbocycles. The van der Waals surface area contributed by atoms with Gasteiger partial charge in [-0.05, 0) is 37.6 Å². The summed E-state index contributed by atoms with van der Waals surface area (Å²) >= 11 is 1.26. The van der Waals surface area contributed by atoms with Crippen molar-refractivity contribution in [2.75, 3.05) is 23.3 Å². The minimum Gasteiger partial charge on any atom is -0.312 e. The van der Waals surface area contributed by atoms with Crippen molar-refractivity contribution in [3.05, 3.63) is 70.2 Å². The van der Waals surface area contributed by atoms with E-state index >= 15 is 0 Å². The number of carbonyl (C=O) groups excluding carboxylic acids is 4. The molecule has 1 saturated heterocycles. The third-order valence-electron chi connectivity index (χ3n) is 6.17. The summed E-state index contributed by atoms with van der Waals surface area (Å²) < 4.78 is 0. The molecule has 5 rings (SSSR count). The number of aromatic nitrogens is 2. The van der Waals surface area contributed by atoms with Crippen molar-refractivity contribution in [3.63, 3.8) is 0 Å². The molecule has 1 aromatic heterocycles. The van der Waals surface area contributed by atoms with Crippen LogP contribution in [0.5, 0.6) is 0 Å². The molecule has 3 aromatic rings. The molecule has 4 amide bonds. The predicted octanol–water partition coefficient (Wildman–Crippen LogP) is 3.38. The Balaban J connectivity index is 1.12. The molecule has 1 N–H and O–H groups in total. The van der Waals surface area contributed by atoms with Gasteiger partial charge in [-0.2, -0.15) is 0 Å². The van der Waals surface area contributed by atoms with Crippen LogP contribution < -0.4 is 10.2 Å². The standard InChI is InChI=1S/C25H23N5O4S/c1-15-8-10-17(11-9-15)30-14-16(13-21(30)32)22-27-28-25(35-22)26-20(31)7-4-12-29-23(33)18-5-2-3-6-19(18)24(29)34/h2-3,5-6,8-11,16H,4,7,12-14H2,1H3,(H,26,28,31). The highest BCUT2D eigenvalue weighted by Crippen LogP contribution is 2.34. The van der Waals surface area contributed by atoms with E-state index in [1.807, 2.05) is 31.2 Å². The molecule has 2 aliphatic heterocycles. The quantitative estimate of drug-likeness (QED) is 0.509. The molecule has 1 atom stereocenters. The second-order valence-electron chi connectivity index (χ2n) is 8.65. The van der Waals surface area contributed by atoms with Crippen LogP contribution in [0.15, 0.2) is 48.5 Å². The largest absolute Gasteiger partial charge is 0.312 e. The lowest BCUT2D eigenvalue weighted by Crippen LogP contribution is -2.31.